The highest BCUT2D eigenvalue weighted by Crippen LogP contribution is 2.43. The van der Waals surface area contributed by atoms with E-state index in [0.29, 0.717) is 24.8 Å². The maximum atomic E-state index is 10.0. The van der Waals surface area contributed by atoms with Crippen LogP contribution in [0.25, 0.3) is 22.2 Å². The number of benzene rings is 2. The molecule has 1 aliphatic carbocycles. The van der Waals surface area contributed by atoms with Crippen molar-refractivity contribution in [2.24, 2.45) is 16.7 Å². The zero-order valence-corrected chi connectivity index (χ0v) is 17.6. The van der Waals surface area contributed by atoms with Crippen LogP contribution >= 0.6 is 0 Å². The van der Waals surface area contributed by atoms with E-state index in [-0.39, 0.29) is 0 Å². The standard InChI is InChI=1S/C23H27N7O/c1-27-17-7-5-16(6-8-17)23-21(14-24)20-10-9-19(31-12-11-29(26)28-15-25)13-22(20)30(23)18-3-2-4-18/h5-10,13,15,18,27H,2-4,11-12,26H2,1H3,(H2,25,28). The number of fused-ring (bicyclic) bond motifs is 1. The first kappa shape index (κ1) is 20.6. The highest BCUT2D eigenvalue weighted by atomic mass is 16.5. The summed E-state index contributed by atoms with van der Waals surface area (Å²) in [7, 11) is 1.90. The largest absolute Gasteiger partial charge is 0.492 e. The van der Waals surface area contributed by atoms with E-state index in [1.54, 1.807) is 0 Å². The van der Waals surface area contributed by atoms with Gasteiger partial charge in [-0.15, -0.1) is 0 Å². The van der Waals surface area contributed by atoms with Crippen LogP contribution in [0.1, 0.15) is 30.9 Å². The Kier molecular flexibility index (Phi) is 5.96. The average Bonchev–Trinajstić information content (AvgIpc) is 3.06. The summed E-state index contributed by atoms with van der Waals surface area (Å²) in [5, 5.41) is 19.1. The molecule has 1 aliphatic rings. The molecule has 0 unspecified atom stereocenters. The van der Waals surface area contributed by atoms with Crippen molar-refractivity contribution >= 4 is 22.9 Å². The molecule has 8 nitrogen and oxygen atoms in total. The summed E-state index contributed by atoms with van der Waals surface area (Å²) in [5.41, 5.74) is 10.0. The third-order valence-electron chi connectivity index (χ3n) is 5.78. The first-order valence-corrected chi connectivity index (χ1v) is 10.4. The van der Waals surface area contributed by atoms with Gasteiger partial charge in [-0.05, 0) is 49.1 Å². The molecule has 0 amide bonds. The molecule has 1 aromatic heterocycles. The monoisotopic (exact) mass is 417 g/mol. The predicted octanol–water partition coefficient (Wildman–Crippen LogP) is 3.40. The zero-order chi connectivity index (χ0) is 21.8. The maximum Gasteiger partial charge on any atom is 0.121 e. The van der Waals surface area contributed by atoms with Crippen LogP contribution in [0.3, 0.4) is 0 Å². The predicted molar refractivity (Wildman–Crippen MR) is 124 cm³/mol. The van der Waals surface area contributed by atoms with E-state index in [1.165, 1.54) is 11.5 Å². The van der Waals surface area contributed by atoms with Crippen LogP contribution in [-0.4, -0.2) is 36.2 Å². The number of nitrogens with zero attached hydrogens (tertiary/aromatic N) is 4. The van der Waals surface area contributed by atoms with Gasteiger partial charge in [-0.3, -0.25) is 0 Å². The fourth-order valence-corrected chi connectivity index (χ4v) is 4.00. The lowest BCUT2D eigenvalue weighted by Gasteiger charge is -2.30. The summed E-state index contributed by atoms with van der Waals surface area (Å²) in [6.07, 6.45) is 4.57. The number of hydrazone groups is 1. The quantitative estimate of drug-likeness (QED) is 0.224. The lowest BCUT2D eigenvalue weighted by molar-refractivity contribution is 0.219. The van der Waals surface area contributed by atoms with E-state index in [9.17, 15) is 5.26 Å². The number of rotatable bonds is 8. The molecule has 0 spiro atoms. The van der Waals surface area contributed by atoms with E-state index >= 15 is 0 Å². The number of nitrogens with two attached hydrogens (primary N) is 2. The molecule has 1 heterocycles. The van der Waals surface area contributed by atoms with Crippen molar-refractivity contribution in [3.63, 3.8) is 0 Å². The van der Waals surface area contributed by atoms with Gasteiger partial charge < -0.3 is 20.4 Å². The lowest BCUT2D eigenvalue weighted by Crippen LogP contribution is -2.30. The molecule has 0 aliphatic heterocycles. The molecule has 0 atom stereocenters. The van der Waals surface area contributed by atoms with Crippen LogP contribution in [0.2, 0.25) is 0 Å². The summed E-state index contributed by atoms with van der Waals surface area (Å²) in [5.74, 6) is 6.42. The second kappa shape index (κ2) is 8.98. The van der Waals surface area contributed by atoms with Gasteiger partial charge in [-0.2, -0.15) is 10.4 Å². The van der Waals surface area contributed by atoms with Gasteiger partial charge in [0.15, 0.2) is 0 Å². The minimum atomic E-state index is 0.368. The third kappa shape index (κ3) is 4.00. The summed E-state index contributed by atoms with van der Waals surface area (Å²) in [4.78, 5) is 0. The molecule has 160 valence electrons. The first-order chi connectivity index (χ1) is 15.2. The number of aromatic nitrogens is 1. The van der Waals surface area contributed by atoms with Crippen LogP contribution in [0.15, 0.2) is 47.6 Å². The molecule has 31 heavy (non-hydrogen) atoms. The fourth-order valence-electron chi connectivity index (χ4n) is 4.00. The second-order valence-corrected chi connectivity index (χ2v) is 7.57. The minimum absolute atomic E-state index is 0.368. The lowest BCUT2D eigenvalue weighted by atomic mass is 9.92. The number of anilines is 1. The smallest absolute Gasteiger partial charge is 0.121 e. The number of ether oxygens (including phenoxy) is 1. The topological polar surface area (TPSA) is 118 Å². The molecule has 5 N–H and O–H groups in total. The van der Waals surface area contributed by atoms with Crippen LogP contribution in [0, 0.1) is 11.3 Å². The Morgan fingerprint density at radius 3 is 2.68 bits per heavy atom. The molecule has 2 aromatic carbocycles. The van der Waals surface area contributed by atoms with E-state index in [1.807, 2.05) is 37.4 Å². The molecule has 1 saturated carbocycles. The number of nitrogens with one attached hydrogen (secondary N) is 1. The van der Waals surface area contributed by atoms with Gasteiger partial charge in [0.05, 0.1) is 23.3 Å². The summed E-state index contributed by atoms with van der Waals surface area (Å²) < 4.78 is 8.22. The van der Waals surface area contributed by atoms with E-state index in [0.717, 1.165) is 52.8 Å². The van der Waals surface area contributed by atoms with Crippen molar-refractivity contribution in [2.75, 3.05) is 25.5 Å². The Morgan fingerprint density at radius 2 is 2.06 bits per heavy atom. The molecule has 4 rings (SSSR count). The molecular weight excluding hydrogens is 390 g/mol. The second-order valence-electron chi connectivity index (χ2n) is 7.57. The Morgan fingerprint density at radius 1 is 1.29 bits per heavy atom. The van der Waals surface area contributed by atoms with E-state index in [2.05, 4.69) is 33.2 Å². The molecule has 8 heteroatoms. The van der Waals surface area contributed by atoms with Gasteiger partial charge in [0.25, 0.3) is 0 Å². The van der Waals surface area contributed by atoms with Crippen LogP contribution in [-0.2, 0) is 0 Å². The van der Waals surface area contributed by atoms with Gasteiger partial charge in [-0.1, -0.05) is 12.1 Å². The minimum Gasteiger partial charge on any atom is -0.492 e. The normalized spacial score (nSPS) is 13.8. The van der Waals surface area contributed by atoms with E-state index < -0.39 is 0 Å². The molecule has 1 fully saturated rings. The van der Waals surface area contributed by atoms with Gasteiger partial charge >= 0.3 is 0 Å². The third-order valence-corrected chi connectivity index (χ3v) is 5.78. The van der Waals surface area contributed by atoms with Gasteiger partial charge in [0.2, 0.25) is 0 Å². The average molecular weight is 418 g/mol. The maximum absolute atomic E-state index is 10.0. The molecule has 0 saturated heterocycles. The van der Waals surface area contributed by atoms with Crippen molar-refractivity contribution in [3.8, 4) is 23.1 Å². The summed E-state index contributed by atoms with van der Waals surface area (Å²) >= 11 is 0. The van der Waals surface area contributed by atoms with Gasteiger partial charge in [0.1, 0.15) is 24.8 Å². The Balaban J connectivity index is 1.75. The summed E-state index contributed by atoms with van der Waals surface area (Å²) in [6.45, 7) is 0.773. The summed E-state index contributed by atoms with van der Waals surface area (Å²) in [6, 6.07) is 16.9. The molecule has 0 bridgehead atoms. The fraction of sp³-hybridized carbons (Fsp3) is 0.304. The Hall–Kier alpha value is -3.70. The molecule has 3 aromatic rings. The van der Waals surface area contributed by atoms with Gasteiger partial charge in [0, 0.05) is 30.2 Å². The van der Waals surface area contributed by atoms with Crippen LogP contribution in [0.5, 0.6) is 5.75 Å². The van der Waals surface area contributed by atoms with Crippen LogP contribution in [0.4, 0.5) is 5.69 Å². The van der Waals surface area contributed by atoms with Crippen LogP contribution < -0.4 is 21.6 Å². The van der Waals surface area contributed by atoms with E-state index in [4.69, 9.17) is 16.3 Å². The van der Waals surface area contributed by atoms with Crippen molar-refractivity contribution in [3.05, 3.63) is 48.0 Å². The van der Waals surface area contributed by atoms with Crippen molar-refractivity contribution in [1.29, 1.82) is 5.26 Å². The zero-order valence-electron chi connectivity index (χ0n) is 17.6. The van der Waals surface area contributed by atoms with Crippen molar-refractivity contribution in [2.45, 2.75) is 25.3 Å². The number of nitriles is 1. The number of hydrogen-bond donors (Lipinski definition) is 3. The van der Waals surface area contributed by atoms with Crippen molar-refractivity contribution < 1.29 is 4.74 Å². The Labute approximate surface area is 181 Å². The highest BCUT2D eigenvalue weighted by molar-refractivity contribution is 5.95. The number of hydrazine groups is 1. The highest BCUT2D eigenvalue weighted by Gasteiger charge is 2.28. The number of hydrogen-bond acceptors (Lipinski definition) is 6. The first-order valence-electron chi connectivity index (χ1n) is 10.4. The SMILES string of the molecule is CNc1ccc(-c2c(C#N)c3ccc(OCCN(N)/N=C\N)cc3n2C2CCC2)cc1. The molecule has 0 radical (unpaired) electrons. The Bertz CT molecular complexity index is 1120. The van der Waals surface area contributed by atoms with Crippen molar-refractivity contribution in [1.82, 2.24) is 9.69 Å². The van der Waals surface area contributed by atoms with Gasteiger partial charge in [-0.25, -0.2) is 11.0 Å². The molecular formula is C23H27N7O.